The second-order valence-corrected chi connectivity index (χ2v) is 4.06. The van der Waals surface area contributed by atoms with Gasteiger partial charge in [0.25, 0.3) is 11.0 Å². The maximum absolute atomic E-state index is 12.9. The van der Waals surface area contributed by atoms with Gasteiger partial charge in [0.2, 0.25) is 5.78 Å². The Morgan fingerprint density at radius 2 is 1.11 bits per heavy atom. The van der Waals surface area contributed by atoms with Crippen LogP contribution in [0.25, 0.3) is 0 Å². The molecule has 1 nitrogen and oxygen atoms in total. The molecule has 0 radical (unpaired) electrons. The van der Waals surface area contributed by atoms with Crippen LogP contribution in [0.2, 0.25) is 0 Å². The average Bonchev–Trinajstić information content (AvgIpc) is 2.11. The van der Waals surface area contributed by atoms with Gasteiger partial charge in [-0.25, -0.2) is 17.6 Å². The molecule has 1 atom stereocenters. The quantitative estimate of drug-likeness (QED) is 0.555. The Morgan fingerprint density at radius 1 is 0.833 bits per heavy atom. The van der Waals surface area contributed by atoms with Gasteiger partial charge < -0.3 is 0 Å². The third kappa shape index (κ3) is 2.57. The Balaban J connectivity index is 5.90. The monoisotopic (exact) mass is 358 g/mol. The number of carbonyl (C=O) groups is 1. The van der Waals surface area contributed by atoms with Crippen LogP contribution in [0, 0.1) is 0 Å². The lowest BCUT2D eigenvalue weighted by Gasteiger charge is -2.31. The molecule has 1 unspecified atom stereocenters. The van der Waals surface area contributed by atoms with Crippen molar-refractivity contribution in [1.29, 1.82) is 0 Å². The number of ketones is 1. The highest BCUT2D eigenvalue weighted by Crippen LogP contribution is 2.50. The first-order valence-electron chi connectivity index (χ1n) is 3.63. The third-order valence-corrected chi connectivity index (χ3v) is 2.38. The van der Waals surface area contributed by atoms with Crippen LogP contribution in [0.5, 0.6) is 0 Å². The fourth-order valence-electron chi connectivity index (χ4n) is 0.747. The number of Topliss-reactive ketones (excluding diaryl/α,β-unsaturated/α-hetero) is 1. The minimum absolute atomic E-state index is 1.03. The normalized spacial score (nSPS) is 17.8. The molecule has 0 aromatic carbocycles. The van der Waals surface area contributed by atoms with E-state index >= 15 is 0 Å². The maximum atomic E-state index is 12.9. The smallest absolute Gasteiger partial charge is 0.290 e. The lowest BCUT2D eigenvalue weighted by atomic mass is 9.95. The van der Waals surface area contributed by atoms with Crippen molar-refractivity contribution in [3.8, 4) is 0 Å². The van der Waals surface area contributed by atoms with E-state index < -0.39 is 34.8 Å². The summed E-state index contributed by atoms with van der Waals surface area (Å²) in [5.41, 5.74) is -6.74. The van der Waals surface area contributed by atoms with Gasteiger partial charge >= 0.3 is 18.0 Å². The van der Waals surface area contributed by atoms with Crippen LogP contribution in [0.1, 0.15) is 0 Å². The molecule has 0 fully saturated rings. The van der Waals surface area contributed by atoms with Gasteiger partial charge in [-0.05, 0) is 15.9 Å². The molecular weight excluding hydrogens is 358 g/mol. The zero-order valence-corrected chi connectivity index (χ0v) is 9.23. The molecule has 0 amide bonds. The summed E-state index contributed by atoms with van der Waals surface area (Å²) < 4.78 is 116. The zero-order chi connectivity index (χ0) is 15.2. The number of alkyl halides is 11. The first kappa shape index (κ1) is 17.4. The van der Waals surface area contributed by atoms with E-state index in [9.17, 15) is 48.7 Å². The molecule has 18 heavy (non-hydrogen) atoms. The summed E-state index contributed by atoms with van der Waals surface area (Å²) in [6, 6.07) is 0. The van der Waals surface area contributed by atoms with E-state index in [1.807, 2.05) is 0 Å². The summed E-state index contributed by atoms with van der Waals surface area (Å²) >= 11 is 1.03. The van der Waals surface area contributed by atoms with Crippen molar-refractivity contribution < 1.29 is 48.7 Å². The van der Waals surface area contributed by atoms with Gasteiger partial charge in [-0.15, -0.1) is 0 Å². The van der Waals surface area contributed by atoms with Crippen molar-refractivity contribution in [3.63, 3.8) is 0 Å². The third-order valence-electron chi connectivity index (χ3n) is 1.67. The lowest BCUT2D eigenvalue weighted by Crippen LogP contribution is -2.64. The molecule has 0 bridgehead atoms. The zero-order valence-electron chi connectivity index (χ0n) is 7.64. The highest BCUT2D eigenvalue weighted by atomic mass is 79.9. The minimum Gasteiger partial charge on any atom is -0.290 e. The second-order valence-electron chi connectivity index (χ2n) is 2.91. The lowest BCUT2D eigenvalue weighted by molar-refractivity contribution is -0.327. The molecular formula is C6HBrF10O. The second kappa shape index (κ2) is 4.53. The molecule has 108 valence electrons. The predicted molar refractivity (Wildman–Crippen MR) is 39.7 cm³/mol. The van der Waals surface area contributed by atoms with Crippen molar-refractivity contribution in [1.82, 2.24) is 0 Å². The maximum Gasteiger partial charge on any atom is 0.439 e. The van der Waals surface area contributed by atoms with Gasteiger partial charge in [-0.3, -0.25) is 4.79 Å². The van der Waals surface area contributed by atoms with E-state index in [1.165, 1.54) is 0 Å². The van der Waals surface area contributed by atoms with Crippen LogP contribution in [-0.4, -0.2) is 34.8 Å². The number of rotatable bonds is 3. The number of hydrogen-bond donors (Lipinski definition) is 0. The van der Waals surface area contributed by atoms with E-state index in [0.717, 1.165) is 15.9 Å². The van der Waals surface area contributed by atoms with Crippen LogP contribution in [0.3, 0.4) is 0 Å². The van der Waals surface area contributed by atoms with Gasteiger partial charge in [0, 0.05) is 0 Å². The van der Waals surface area contributed by atoms with Crippen molar-refractivity contribution in [3.05, 3.63) is 0 Å². The average molecular weight is 359 g/mol. The van der Waals surface area contributed by atoms with E-state index in [2.05, 4.69) is 0 Å². The highest BCUT2D eigenvalue weighted by Gasteiger charge is 2.81. The SMILES string of the molecule is O=C(C(F)(Br)C(F)F)C(F)(C(F)(F)F)C(F)(F)F. The van der Waals surface area contributed by atoms with Crippen molar-refractivity contribution >= 4 is 21.7 Å². The molecule has 0 aliphatic heterocycles. The van der Waals surface area contributed by atoms with Gasteiger partial charge in [0.1, 0.15) is 0 Å². The molecule has 0 heterocycles. The first-order valence-corrected chi connectivity index (χ1v) is 4.42. The van der Waals surface area contributed by atoms with Crippen LogP contribution < -0.4 is 0 Å². The van der Waals surface area contributed by atoms with E-state index in [0.29, 0.717) is 0 Å². The summed E-state index contributed by atoms with van der Waals surface area (Å²) in [5.74, 6) is -4.02. The van der Waals surface area contributed by atoms with Gasteiger partial charge in [-0.1, -0.05) is 0 Å². The number of carbonyl (C=O) groups excluding carboxylic acids is 1. The van der Waals surface area contributed by atoms with Crippen LogP contribution >= 0.6 is 15.9 Å². The number of hydrogen-bond acceptors (Lipinski definition) is 1. The largest absolute Gasteiger partial charge is 0.439 e. The predicted octanol–water partition coefficient (Wildman–Crippen LogP) is 3.71. The molecule has 0 aromatic heterocycles. The first-order chi connectivity index (χ1) is 7.60. The molecule has 0 rings (SSSR count). The molecule has 0 spiro atoms. The molecule has 12 heteroatoms. The Bertz CT molecular complexity index is 314. The van der Waals surface area contributed by atoms with Gasteiger partial charge in [-0.2, -0.15) is 26.3 Å². The molecule has 0 aromatic rings. The number of halogens is 11. The highest BCUT2D eigenvalue weighted by molar-refractivity contribution is 9.10. The molecule has 0 aliphatic rings. The van der Waals surface area contributed by atoms with E-state index in [-0.39, 0.29) is 0 Å². The van der Waals surface area contributed by atoms with Crippen molar-refractivity contribution in [2.45, 2.75) is 29.0 Å². The Morgan fingerprint density at radius 3 is 1.28 bits per heavy atom. The Kier molecular flexibility index (Phi) is 4.39. The van der Waals surface area contributed by atoms with E-state index in [1.54, 1.807) is 0 Å². The molecule has 0 saturated heterocycles. The molecule has 0 saturated carbocycles. The van der Waals surface area contributed by atoms with Crippen LogP contribution in [0.4, 0.5) is 43.9 Å². The Labute approximate surface area is 100 Å². The standard InChI is InChI=1S/C6HBrF10O/c7-3(10,2(8)9)1(18)4(11,5(12,13)14)6(15,16)17/h2H. The van der Waals surface area contributed by atoms with Crippen molar-refractivity contribution in [2.24, 2.45) is 0 Å². The fraction of sp³-hybridized carbons (Fsp3) is 0.833. The summed E-state index contributed by atoms with van der Waals surface area (Å²) in [6.45, 7) is 0. The van der Waals surface area contributed by atoms with Crippen LogP contribution in [-0.2, 0) is 4.79 Å². The minimum atomic E-state index is -6.94. The Hall–Kier alpha value is -0.550. The van der Waals surface area contributed by atoms with E-state index in [4.69, 9.17) is 0 Å². The molecule has 0 N–H and O–H groups in total. The topological polar surface area (TPSA) is 17.1 Å². The summed E-state index contributed by atoms with van der Waals surface area (Å²) in [5, 5.41) is 0. The van der Waals surface area contributed by atoms with Gasteiger partial charge in [0.05, 0.1) is 0 Å². The summed E-state index contributed by atoms with van der Waals surface area (Å²) in [4.78, 5) is 10.5. The fourth-order valence-corrected chi connectivity index (χ4v) is 1.02. The summed E-state index contributed by atoms with van der Waals surface area (Å²) in [7, 11) is 0. The summed E-state index contributed by atoms with van der Waals surface area (Å²) in [6.07, 6.45) is -18.5. The molecule has 0 aliphatic carbocycles. The van der Waals surface area contributed by atoms with Gasteiger partial charge in [0.15, 0.2) is 0 Å². The van der Waals surface area contributed by atoms with Crippen molar-refractivity contribution in [2.75, 3.05) is 0 Å². The van der Waals surface area contributed by atoms with Crippen LogP contribution in [0.15, 0.2) is 0 Å².